The van der Waals surface area contributed by atoms with E-state index in [1.807, 2.05) is 18.2 Å². The van der Waals surface area contributed by atoms with Gasteiger partial charge in [-0.25, -0.2) is 4.98 Å². The van der Waals surface area contributed by atoms with Gasteiger partial charge in [-0.1, -0.05) is 47.5 Å². The Morgan fingerprint density at radius 3 is 2.53 bits per heavy atom. The molecule has 0 spiro atoms. The van der Waals surface area contributed by atoms with E-state index in [4.69, 9.17) is 32.9 Å². The molecule has 5 rings (SSSR count). The minimum absolute atomic E-state index is 0.00874. The van der Waals surface area contributed by atoms with Gasteiger partial charge < -0.3 is 14.6 Å². The van der Waals surface area contributed by atoms with Crippen LogP contribution in [0, 0.1) is 5.92 Å². The number of nitrogens with zero attached hydrogens (tertiary/aromatic N) is 3. The Kier molecular flexibility index (Phi) is 7.46. The molecule has 6 nitrogen and oxygen atoms in total. The van der Waals surface area contributed by atoms with Gasteiger partial charge in [-0.2, -0.15) is 0 Å². The zero-order valence-electron chi connectivity index (χ0n) is 20.1. The van der Waals surface area contributed by atoms with Crippen molar-refractivity contribution < 1.29 is 9.53 Å². The fourth-order valence-electron chi connectivity index (χ4n) is 4.72. The normalized spacial score (nSPS) is 14.8. The van der Waals surface area contributed by atoms with Gasteiger partial charge >= 0.3 is 0 Å². The largest absolute Gasteiger partial charge is 0.497 e. The van der Waals surface area contributed by atoms with Crippen LogP contribution in [0.5, 0.6) is 5.75 Å². The summed E-state index contributed by atoms with van der Waals surface area (Å²) in [4.78, 5) is 20.2. The molecule has 1 aliphatic heterocycles. The van der Waals surface area contributed by atoms with E-state index >= 15 is 0 Å². The Bertz CT molecular complexity index is 1360. The van der Waals surface area contributed by atoms with E-state index in [1.165, 1.54) is 5.56 Å². The van der Waals surface area contributed by atoms with Gasteiger partial charge in [-0.3, -0.25) is 9.69 Å². The molecule has 0 atom stereocenters. The first-order chi connectivity index (χ1) is 17.5. The van der Waals surface area contributed by atoms with E-state index in [1.54, 1.807) is 25.3 Å². The van der Waals surface area contributed by atoms with E-state index in [0.29, 0.717) is 15.7 Å². The highest BCUT2D eigenvalue weighted by Crippen LogP contribution is 2.28. The molecular formula is C28H28Cl2N4O2. The van der Waals surface area contributed by atoms with Crippen molar-refractivity contribution >= 4 is 45.8 Å². The van der Waals surface area contributed by atoms with Gasteiger partial charge in [0, 0.05) is 17.5 Å². The number of amides is 1. The molecule has 0 bridgehead atoms. The first kappa shape index (κ1) is 24.6. The molecule has 36 heavy (non-hydrogen) atoms. The number of likely N-dealkylation sites (tertiary alicyclic amines) is 1. The number of hydrogen-bond acceptors (Lipinski definition) is 4. The number of carbonyl (C=O) groups is 1. The first-order valence-corrected chi connectivity index (χ1v) is 12.8. The van der Waals surface area contributed by atoms with Crippen LogP contribution in [-0.4, -0.2) is 40.6 Å². The van der Waals surface area contributed by atoms with Crippen LogP contribution in [0.25, 0.3) is 11.0 Å². The summed E-state index contributed by atoms with van der Waals surface area (Å²) >= 11 is 12.3. The summed E-state index contributed by atoms with van der Waals surface area (Å²) in [5, 5.41) is 3.98. The Morgan fingerprint density at radius 2 is 1.78 bits per heavy atom. The number of carbonyl (C=O) groups excluding carboxylic acids is 1. The molecule has 1 saturated heterocycles. The van der Waals surface area contributed by atoms with Crippen molar-refractivity contribution in [1.29, 1.82) is 0 Å². The fourth-order valence-corrected chi connectivity index (χ4v) is 5.05. The fraction of sp³-hybridized carbons (Fsp3) is 0.286. The number of ether oxygens (including phenoxy) is 1. The number of halogens is 2. The van der Waals surface area contributed by atoms with Crippen molar-refractivity contribution in [2.24, 2.45) is 5.92 Å². The van der Waals surface area contributed by atoms with E-state index < -0.39 is 0 Å². The highest BCUT2D eigenvalue weighted by molar-refractivity contribution is 6.35. The number of aromatic nitrogens is 2. The monoisotopic (exact) mass is 522 g/mol. The van der Waals surface area contributed by atoms with Crippen LogP contribution < -0.4 is 10.1 Å². The second-order valence-electron chi connectivity index (χ2n) is 9.11. The topological polar surface area (TPSA) is 59.4 Å². The molecule has 0 radical (unpaired) electrons. The third-order valence-corrected chi connectivity index (χ3v) is 7.31. The lowest BCUT2D eigenvalue weighted by molar-refractivity contribution is -0.121. The number of imidazole rings is 1. The van der Waals surface area contributed by atoms with Crippen LogP contribution >= 0.6 is 23.2 Å². The predicted molar refractivity (Wildman–Crippen MR) is 145 cm³/mol. The van der Waals surface area contributed by atoms with E-state index in [-0.39, 0.29) is 11.8 Å². The lowest BCUT2D eigenvalue weighted by atomic mass is 9.96. The van der Waals surface area contributed by atoms with E-state index in [9.17, 15) is 4.79 Å². The Morgan fingerprint density at radius 1 is 1.03 bits per heavy atom. The number of anilines is 1. The summed E-state index contributed by atoms with van der Waals surface area (Å²) in [6, 6.07) is 21.5. The van der Waals surface area contributed by atoms with Gasteiger partial charge in [0.25, 0.3) is 0 Å². The van der Waals surface area contributed by atoms with Crippen molar-refractivity contribution in [3.8, 4) is 5.75 Å². The average Bonchev–Trinajstić information content (AvgIpc) is 3.23. The number of benzene rings is 3. The number of nitrogens with one attached hydrogen (secondary N) is 1. The summed E-state index contributed by atoms with van der Waals surface area (Å²) in [6.07, 6.45) is 1.56. The van der Waals surface area contributed by atoms with E-state index in [0.717, 1.165) is 61.6 Å². The molecule has 1 aromatic heterocycles. The van der Waals surface area contributed by atoms with Crippen molar-refractivity contribution in [3.05, 3.63) is 88.2 Å². The second-order valence-corrected chi connectivity index (χ2v) is 9.96. The quantitative estimate of drug-likeness (QED) is 0.311. The molecular weight excluding hydrogens is 495 g/mol. The molecule has 1 fully saturated rings. The smallest absolute Gasteiger partial charge is 0.227 e. The second kappa shape index (κ2) is 10.9. The maximum Gasteiger partial charge on any atom is 0.227 e. The van der Waals surface area contributed by atoms with Gasteiger partial charge in [-0.15, -0.1) is 0 Å². The third kappa shape index (κ3) is 5.51. The molecule has 186 valence electrons. The predicted octanol–water partition coefficient (Wildman–Crippen LogP) is 6.25. The summed E-state index contributed by atoms with van der Waals surface area (Å²) in [5.74, 6) is 1.81. The molecule has 1 N–H and O–H groups in total. The van der Waals surface area contributed by atoms with Gasteiger partial charge in [0.1, 0.15) is 11.6 Å². The number of hydrogen-bond donors (Lipinski definition) is 1. The Hall–Kier alpha value is -3.06. The maximum absolute atomic E-state index is 12.9. The van der Waals surface area contributed by atoms with Crippen molar-refractivity contribution in [3.63, 3.8) is 0 Å². The van der Waals surface area contributed by atoms with Crippen LogP contribution in [0.15, 0.2) is 66.7 Å². The summed E-state index contributed by atoms with van der Waals surface area (Å²) in [5.41, 5.74) is 3.86. The third-order valence-electron chi connectivity index (χ3n) is 6.74. The summed E-state index contributed by atoms with van der Waals surface area (Å²) in [7, 11) is 1.68. The molecule has 1 amide bonds. The van der Waals surface area contributed by atoms with E-state index in [2.05, 4.69) is 45.1 Å². The lowest BCUT2D eigenvalue weighted by Gasteiger charge is -2.31. The van der Waals surface area contributed by atoms with Gasteiger partial charge in [0.2, 0.25) is 5.91 Å². The van der Waals surface area contributed by atoms with Crippen molar-refractivity contribution in [2.45, 2.75) is 25.9 Å². The number of para-hydroxylation sites is 2. The van der Waals surface area contributed by atoms with Crippen LogP contribution in [0.2, 0.25) is 10.0 Å². The summed E-state index contributed by atoms with van der Waals surface area (Å²) in [6.45, 7) is 3.12. The molecule has 8 heteroatoms. The van der Waals surface area contributed by atoms with Gasteiger partial charge in [0.05, 0.1) is 35.4 Å². The molecule has 4 aromatic rings. The van der Waals surface area contributed by atoms with Crippen molar-refractivity contribution in [2.75, 3.05) is 25.5 Å². The zero-order chi connectivity index (χ0) is 25.1. The highest BCUT2D eigenvalue weighted by atomic mass is 35.5. The van der Waals surface area contributed by atoms with Gasteiger partial charge in [-0.05, 0) is 74.0 Å². The van der Waals surface area contributed by atoms with Crippen LogP contribution in [0.1, 0.15) is 24.2 Å². The number of piperidine rings is 1. The summed E-state index contributed by atoms with van der Waals surface area (Å²) < 4.78 is 7.59. The molecule has 2 heterocycles. The highest BCUT2D eigenvalue weighted by Gasteiger charge is 2.26. The van der Waals surface area contributed by atoms with Crippen LogP contribution in [-0.2, 0) is 17.9 Å². The number of methoxy groups -OCH3 is 1. The Labute approximate surface area is 220 Å². The minimum Gasteiger partial charge on any atom is -0.497 e. The number of rotatable bonds is 7. The molecule has 0 saturated carbocycles. The van der Waals surface area contributed by atoms with Crippen LogP contribution in [0.4, 0.5) is 5.69 Å². The van der Waals surface area contributed by atoms with Gasteiger partial charge in [0.15, 0.2) is 0 Å². The average molecular weight is 523 g/mol. The molecule has 1 aliphatic rings. The molecule has 0 aliphatic carbocycles. The first-order valence-electron chi connectivity index (χ1n) is 12.1. The number of fused-ring (bicyclic) bond motifs is 1. The molecule has 3 aromatic carbocycles. The maximum atomic E-state index is 12.9. The minimum atomic E-state index is -0.0607. The standard InChI is InChI=1S/C28H28Cl2N4O2/c1-36-22-9-6-19(7-10-22)17-34-26-5-3-2-4-24(26)31-27(34)18-33-14-12-20(13-15-33)28(35)32-25-16-21(29)8-11-23(25)30/h2-11,16,20H,12-15,17-18H2,1H3,(H,32,35). The SMILES string of the molecule is COc1ccc(Cn2c(CN3CCC(C(=O)Nc4cc(Cl)ccc4Cl)CC3)nc3ccccc32)cc1. The lowest BCUT2D eigenvalue weighted by Crippen LogP contribution is -2.38. The zero-order valence-corrected chi connectivity index (χ0v) is 21.6. The van der Waals surface area contributed by atoms with Crippen molar-refractivity contribution in [1.82, 2.24) is 14.5 Å². The Balaban J connectivity index is 1.26. The van der Waals surface area contributed by atoms with Crippen LogP contribution in [0.3, 0.4) is 0 Å². The molecule has 0 unspecified atom stereocenters.